The van der Waals surface area contributed by atoms with E-state index >= 15 is 0 Å². The van der Waals surface area contributed by atoms with Crippen LogP contribution in [0.1, 0.15) is 51.2 Å². The van der Waals surface area contributed by atoms with Crippen molar-refractivity contribution in [2.75, 3.05) is 18.5 Å². The van der Waals surface area contributed by atoms with Crippen molar-refractivity contribution in [3.63, 3.8) is 0 Å². The largest absolute Gasteiger partial charge is 0.386 e. The third-order valence-corrected chi connectivity index (χ3v) is 5.86. The maximum atomic E-state index is 10.2. The summed E-state index contributed by atoms with van der Waals surface area (Å²) >= 11 is 0. The van der Waals surface area contributed by atoms with Gasteiger partial charge in [-0.3, -0.25) is 0 Å². The third-order valence-electron chi connectivity index (χ3n) is 5.86. The topological polar surface area (TPSA) is 96.1 Å². The van der Waals surface area contributed by atoms with Gasteiger partial charge in [0, 0.05) is 30.5 Å². The van der Waals surface area contributed by atoms with Gasteiger partial charge in [0.1, 0.15) is 5.82 Å². The highest BCUT2D eigenvalue weighted by molar-refractivity contribution is 6.02. The van der Waals surface area contributed by atoms with Gasteiger partial charge in [0.05, 0.1) is 28.9 Å². The molecule has 7 heteroatoms. The third kappa shape index (κ3) is 4.74. The van der Waals surface area contributed by atoms with Crippen LogP contribution in [0.15, 0.2) is 48.7 Å². The van der Waals surface area contributed by atoms with Crippen molar-refractivity contribution in [2.24, 2.45) is 0 Å². The summed E-state index contributed by atoms with van der Waals surface area (Å²) in [4.78, 5) is 4.93. The number of benzene rings is 1. The predicted octanol–water partition coefficient (Wildman–Crippen LogP) is 4.53. The van der Waals surface area contributed by atoms with Crippen molar-refractivity contribution in [2.45, 2.75) is 51.7 Å². The van der Waals surface area contributed by atoms with E-state index in [2.05, 4.69) is 10.4 Å². The molecule has 32 heavy (non-hydrogen) atoms. The van der Waals surface area contributed by atoms with Crippen LogP contribution < -0.4 is 5.32 Å². The smallest absolute Gasteiger partial charge is 0.136 e. The van der Waals surface area contributed by atoms with E-state index in [1.165, 1.54) is 0 Å². The van der Waals surface area contributed by atoms with Gasteiger partial charge in [0.15, 0.2) is 0 Å². The van der Waals surface area contributed by atoms with Crippen molar-refractivity contribution in [1.29, 1.82) is 5.41 Å². The van der Waals surface area contributed by atoms with E-state index in [0.717, 1.165) is 60.1 Å². The van der Waals surface area contributed by atoms with Gasteiger partial charge < -0.3 is 20.6 Å². The van der Waals surface area contributed by atoms with Crippen LogP contribution >= 0.6 is 0 Å². The summed E-state index contributed by atoms with van der Waals surface area (Å²) in [6, 6.07) is 13.9. The highest BCUT2D eigenvalue weighted by atomic mass is 16.5. The molecule has 1 fully saturated rings. The van der Waals surface area contributed by atoms with Crippen LogP contribution in [-0.4, -0.2) is 44.8 Å². The molecule has 1 aromatic carbocycles. The van der Waals surface area contributed by atoms with Gasteiger partial charge in [-0.15, -0.1) is 0 Å². The van der Waals surface area contributed by atoms with E-state index in [-0.39, 0.29) is 6.04 Å². The fourth-order valence-electron chi connectivity index (χ4n) is 3.89. The minimum Gasteiger partial charge on any atom is -0.386 e. The summed E-state index contributed by atoms with van der Waals surface area (Å²) in [6.07, 6.45) is 4.26. The number of aliphatic hydroxyl groups is 1. The first-order valence-corrected chi connectivity index (χ1v) is 11.2. The number of hydrogen-bond acceptors (Lipinski definition) is 6. The molecule has 3 heterocycles. The molecule has 0 atom stereocenters. The molecule has 0 amide bonds. The molecule has 0 bridgehead atoms. The van der Waals surface area contributed by atoms with E-state index < -0.39 is 5.60 Å². The van der Waals surface area contributed by atoms with Crippen LogP contribution in [0.2, 0.25) is 0 Å². The lowest BCUT2D eigenvalue weighted by Gasteiger charge is -2.25. The Labute approximate surface area is 189 Å². The lowest BCUT2D eigenvalue weighted by atomic mass is 9.98. The van der Waals surface area contributed by atoms with Crippen LogP contribution in [0.25, 0.3) is 17.1 Å². The summed E-state index contributed by atoms with van der Waals surface area (Å²) in [5.41, 5.74) is 3.90. The zero-order valence-electron chi connectivity index (χ0n) is 18.9. The summed E-state index contributed by atoms with van der Waals surface area (Å²) in [6.45, 7) is 7.01. The fraction of sp³-hybridized carbons (Fsp3) is 0.400. The number of nitrogens with one attached hydrogen (secondary N) is 2. The number of aromatic nitrogens is 3. The summed E-state index contributed by atoms with van der Waals surface area (Å²) in [7, 11) is 0. The van der Waals surface area contributed by atoms with E-state index in [1.54, 1.807) is 20.0 Å². The predicted molar refractivity (Wildman–Crippen MR) is 127 cm³/mol. The molecule has 3 aromatic rings. The number of pyridine rings is 1. The normalized spacial score (nSPS) is 15.0. The highest BCUT2D eigenvalue weighted by Gasteiger charge is 2.20. The van der Waals surface area contributed by atoms with Gasteiger partial charge in [0.25, 0.3) is 0 Å². The first-order valence-electron chi connectivity index (χ1n) is 11.2. The number of hydrogen-bond donors (Lipinski definition) is 3. The average Bonchev–Trinajstić information content (AvgIpc) is 3.29. The van der Waals surface area contributed by atoms with Crippen LogP contribution in [0.3, 0.4) is 0 Å². The molecule has 168 valence electrons. The average molecular weight is 434 g/mol. The maximum Gasteiger partial charge on any atom is 0.136 e. The molecule has 2 aromatic heterocycles. The molecule has 0 radical (unpaired) electrons. The van der Waals surface area contributed by atoms with E-state index in [9.17, 15) is 5.11 Å². The molecule has 0 saturated carbocycles. The second-order valence-electron chi connectivity index (χ2n) is 8.69. The minimum atomic E-state index is -0.892. The monoisotopic (exact) mass is 433 g/mol. The summed E-state index contributed by atoms with van der Waals surface area (Å²) < 4.78 is 7.33. The Hall–Kier alpha value is -3.03. The first-order chi connectivity index (χ1) is 15.4. The van der Waals surface area contributed by atoms with Gasteiger partial charge in [-0.2, -0.15) is 5.10 Å². The Morgan fingerprint density at radius 3 is 2.53 bits per heavy atom. The highest BCUT2D eigenvalue weighted by Crippen LogP contribution is 2.27. The van der Waals surface area contributed by atoms with E-state index in [1.807, 2.05) is 54.1 Å². The van der Waals surface area contributed by atoms with Crippen molar-refractivity contribution in [3.05, 3.63) is 59.8 Å². The maximum absolute atomic E-state index is 10.2. The van der Waals surface area contributed by atoms with Gasteiger partial charge in [0.2, 0.25) is 0 Å². The molecule has 4 rings (SSSR count). The summed E-state index contributed by atoms with van der Waals surface area (Å²) in [5.74, 6) is 0.742. The molecule has 0 unspecified atom stereocenters. The molecule has 7 nitrogen and oxygen atoms in total. The van der Waals surface area contributed by atoms with Crippen LogP contribution in [0, 0.1) is 5.41 Å². The lowest BCUT2D eigenvalue weighted by Crippen LogP contribution is -2.29. The molecular formula is C25H31N5O2. The zero-order valence-corrected chi connectivity index (χ0v) is 18.9. The lowest BCUT2D eigenvalue weighted by molar-refractivity contribution is 0.0786. The van der Waals surface area contributed by atoms with Crippen molar-refractivity contribution >= 4 is 11.5 Å². The Kier molecular flexibility index (Phi) is 6.39. The second kappa shape index (κ2) is 9.22. The molecule has 0 spiro atoms. The quantitative estimate of drug-likeness (QED) is 0.476. The number of ether oxygens (including phenoxy) is 1. The van der Waals surface area contributed by atoms with E-state index in [4.69, 9.17) is 15.1 Å². The number of nitrogens with zero attached hydrogens (tertiary/aromatic N) is 3. The molecule has 3 N–H and O–H groups in total. The Bertz CT molecular complexity index is 1080. The van der Waals surface area contributed by atoms with Crippen LogP contribution in [-0.2, 0) is 10.3 Å². The molecular weight excluding hydrogens is 402 g/mol. The van der Waals surface area contributed by atoms with Gasteiger partial charge in [-0.1, -0.05) is 19.1 Å². The second-order valence-corrected chi connectivity index (χ2v) is 8.69. The number of anilines is 1. The molecule has 0 aliphatic carbocycles. The Morgan fingerprint density at radius 1 is 1.16 bits per heavy atom. The van der Waals surface area contributed by atoms with Crippen molar-refractivity contribution < 1.29 is 9.84 Å². The Balaban J connectivity index is 1.69. The SMILES string of the molecule is CCC(=N)c1ccc(-c2ccnn2-c2ccc(C(C)(C)O)cc2)nc1NC1CCOCC1. The first kappa shape index (κ1) is 22.2. The van der Waals surface area contributed by atoms with Gasteiger partial charge in [-0.25, -0.2) is 9.67 Å². The van der Waals surface area contributed by atoms with Crippen LogP contribution in [0.5, 0.6) is 0 Å². The number of rotatable bonds is 7. The fourth-order valence-corrected chi connectivity index (χ4v) is 3.89. The molecule has 1 saturated heterocycles. The van der Waals surface area contributed by atoms with E-state index in [0.29, 0.717) is 12.1 Å². The molecule has 1 aliphatic heterocycles. The summed E-state index contributed by atoms with van der Waals surface area (Å²) in [5, 5.41) is 26.7. The van der Waals surface area contributed by atoms with Crippen molar-refractivity contribution in [1.82, 2.24) is 14.8 Å². The zero-order chi connectivity index (χ0) is 22.7. The van der Waals surface area contributed by atoms with Crippen molar-refractivity contribution in [3.8, 4) is 17.1 Å². The standard InChI is InChI=1S/C25H31N5O2/c1-4-21(26)20-9-10-22(29-24(20)28-18-12-15-32-16-13-18)23-11-14-27-30(23)19-7-5-17(6-8-19)25(2,3)31/h5-11,14,18,26,31H,4,12-13,15-16H2,1-3H3,(H,28,29). The van der Waals surface area contributed by atoms with Gasteiger partial charge in [-0.05, 0) is 69.0 Å². The van der Waals surface area contributed by atoms with Gasteiger partial charge >= 0.3 is 0 Å². The minimum absolute atomic E-state index is 0.286. The molecule has 1 aliphatic rings. The van der Waals surface area contributed by atoms with Crippen LogP contribution in [0.4, 0.5) is 5.82 Å². The Morgan fingerprint density at radius 2 is 1.88 bits per heavy atom.